The van der Waals surface area contributed by atoms with Gasteiger partial charge in [0.25, 0.3) is 5.91 Å². The molecule has 0 aliphatic carbocycles. The zero-order valence-electron chi connectivity index (χ0n) is 16.2. The first-order chi connectivity index (χ1) is 12.4. The number of carbonyl (C=O) groups excluding carboxylic acids is 2. The van der Waals surface area contributed by atoms with Crippen LogP contribution < -0.4 is 0 Å². The van der Waals surface area contributed by atoms with Crippen LogP contribution in [0, 0.1) is 5.92 Å². The van der Waals surface area contributed by atoms with Crippen molar-refractivity contribution in [1.29, 1.82) is 0 Å². The molecule has 1 unspecified atom stereocenters. The van der Waals surface area contributed by atoms with E-state index in [-0.39, 0.29) is 23.0 Å². The van der Waals surface area contributed by atoms with E-state index in [0.717, 1.165) is 18.7 Å². The highest BCUT2D eigenvalue weighted by atomic mass is 16.3. The second kappa shape index (κ2) is 8.99. The molecule has 142 valence electrons. The molecule has 5 heteroatoms. The molecule has 0 aromatic heterocycles. The van der Waals surface area contributed by atoms with E-state index in [9.17, 15) is 14.7 Å². The summed E-state index contributed by atoms with van der Waals surface area (Å²) in [5, 5.41) is 10.5. The first-order valence-electron chi connectivity index (χ1n) is 9.45. The van der Waals surface area contributed by atoms with Crippen LogP contribution in [0.5, 0.6) is 0 Å². The van der Waals surface area contributed by atoms with Gasteiger partial charge in [-0.3, -0.25) is 9.59 Å². The Bertz CT molecular complexity index is 663. The van der Waals surface area contributed by atoms with Crippen molar-refractivity contribution in [2.75, 3.05) is 26.2 Å². The van der Waals surface area contributed by atoms with Crippen LogP contribution in [0.3, 0.4) is 0 Å². The lowest BCUT2D eigenvalue weighted by atomic mass is 9.92. The molecule has 0 bridgehead atoms. The fourth-order valence-corrected chi connectivity index (χ4v) is 3.42. The number of carbonyl (C=O) groups is 2. The molecule has 1 aromatic rings. The van der Waals surface area contributed by atoms with E-state index in [1.54, 1.807) is 4.90 Å². The van der Waals surface area contributed by atoms with Crippen LogP contribution in [0.2, 0.25) is 0 Å². The van der Waals surface area contributed by atoms with E-state index in [1.807, 2.05) is 44.2 Å². The highest BCUT2D eigenvalue weighted by molar-refractivity contribution is 6.09. The second-order valence-corrected chi connectivity index (χ2v) is 7.12. The van der Waals surface area contributed by atoms with E-state index >= 15 is 0 Å². The van der Waals surface area contributed by atoms with Gasteiger partial charge < -0.3 is 14.9 Å². The number of amides is 1. The van der Waals surface area contributed by atoms with Gasteiger partial charge in [-0.25, -0.2) is 0 Å². The summed E-state index contributed by atoms with van der Waals surface area (Å²) in [5.41, 5.74) is 1.10. The molecule has 0 saturated heterocycles. The molecule has 0 radical (unpaired) electrons. The van der Waals surface area contributed by atoms with E-state index in [1.165, 1.54) is 0 Å². The number of hydrogen-bond donors (Lipinski definition) is 1. The fourth-order valence-electron chi connectivity index (χ4n) is 3.42. The molecule has 1 aromatic carbocycles. The van der Waals surface area contributed by atoms with E-state index < -0.39 is 11.9 Å². The zero-order chi connectivity index (χ0) is 19.3. The summed E-state index contributed by atoms with van der Waals surface area (Å²) < 4.78 is 0. The lowest BCUT2D eigenvalue weighted by Crippen LogP contribution is -2.38. The minimum atomic E-state index is -0.509. The highest BCUT2D eigenvalue weighted by Crippen LogP contribution is 2.38. The molecule has 26 heavy (non-hydrogen) atoms. The molecule has 2 rings (SSSR count). The van der Waals surface area contributed by atoms with Gasteiger partial charge in [0.2, 0.25) is 0 Å². The second-order valence-electron chi connectivity index (χ2n) is 7.12. The highest BCUT2D eigenvalue weighted by Gasteiger charge is 2.43. The van der Waals surface area contributed by atoms with Crippen LogP contribution in [0.15, 0.2) is 41.7 Å². The summed E-state index contributed by atoms with van der Waals surface area (Å²) in [6.07, 6.45) is 0.319. The van der Waals surface area contributed by atoms with Gasteiger partial charge in [-0.15, -0.1) is 0 Å². The number of rotatable bonds is 9. The van der Waals surface area contributed by atoms with Crippen molar-refractivity contribution in [3.8, 4) is 0 Å². The Balaban J connectivity index is 2.36. The molecule has 1 atom stereocenters. The average Bonchev–Trinajstić information content (AvgIpc) is 2.87. The quantitative estimate of drug-likeness (QED) is 0.735. The van der Waals surface area contributed by atoms with Crippen LogP contribution in [-0.4, -0.2) is 52.8 Å². The van der Waals surface area contributed by atoms with Crippen molar-refractivity contribution in [2.24, 2.45) is 5.92 Å². The van der Waals surface area contributed by atoms with Crippen molar-refractivity contribution in [3.63, 3.8) is 0 Å². The number of aliphatic hydroxyl groups excluding tert-OH is 1. The van der Waals surface area contributed by atoms with Gasteiger partial charge in [0, 0.05) is 19.5 Å². The Labute approximate surface area is 156 Å². The van der Waals surface area contributed by atoms with Crippen molar-refractivity contribution >= 4 is 11.7 Å². The van der Waals surface area contributed by atoms with Gasteiger partial charge in [0.1, 0.15) is 0 Å². The summed E-state index contributed by atoms with van der Waals surface area (Å²) in [6.45, 7) is 11.1. The molecule has 1 N–H and O–H groups in total. The topological polar surface area (TPSA) is 60.9 Å². The predicted octanol–water partition coefficient (Wildman–Crippen LogP) is 3.34. The van der Waals surface area contributed by atoms with Crippen molar-refractivity contribution in [3.05, 3.63) is 47.2 Å². The van der Waals surface area contributed by atoms with Crippen molar-refractivity contribution in [2.45, 2.75) is 40.2 Å². The third-order valence-electron chi connectivity index (χ3n) is 4.86. The summed E-state index contributed by atoms with van der Waals surface area (Å²) in [5.74, 6) is -0.814. The third kappa shape index (κ3) is 4.33. The Morgan fingerprint density at radius 3 is 2.35 bits per heavy atom. The number of hydrogen-bond acceptors (Lipinski definition) is 4. The smallest absolute Gasteiger partial charge is 0.290 e. The summed E-state index contributed by atoms with van der Waals surface area (Å²) in [4.78, 5) is 29.4. The Morgan fingerprint density at radius 2 is 1.81 bits per heavy atom. The number of benzene rings is 1. The van der Waals surface area contributed by atoms with Gasteiger partial charge in [-0.1, -0.05) is 58.0 Å². The molecule has 0 spiro atoms. The van der Waals surface area contributed by atoms with Crippen LogP contribution >= 0.6 is 0 Å². The predicted molar refractivity (Wildman–Crippen MR) is 103 cm³/mol. The SMILES string of the molecule is CCN(CC)CCN1C(=O)C(O)=C(C(=O)CC(C)C)C1c1ccccc1. The summed E-state index contributed by atoms with van der Waals surface area (Å²) in [6, 6.07) is 8.99. The van der Waals surface area contributed by atoms with Gasteiger partial charge in [-0.2, -0.15) is 0 Å². The molecule has 0 fully saturated rings. The standard InChI is InChI=1S/C21H30N2O3/c1-5-22(6-2)12-13-23-19(16-10-8-7-9-11-16)18(20(25)21(23)26)17(24)14-15(3)4/h7-11,15,19,25H,5-6,12-14H2,1-4H3. The first kappa shape index (κ1) is 20.2. The van der Waals surface area contributed by atoms with Gasteiger partial charge in [-0.05, 0) is 24.6 Å². The first-order valence-corrected chi connectivity index (χ1v) is 9.45. The minimum absolute atomic E-state index is 0.148. The van der Waals surface area contributed by atoms with E-state index in [4.69, 9.17) is 0 Å². The maximum absolute atomic E-state index is 12.8. The Hall–Kier alpha value is -2.14. The van der Waals surface area contributed by atoms with Crippen LogP contribution in [-0.2, 0) is 9.59 Å². The molecule has 0 saturated carbocycles. The molecule has 5 nitrogen and oxygen atoms in total. The largest absolute Gasteiger partial charge is 0.503 e. The molecule has 1 aliphatic heterocycles. The lowest BCUT2D eigenvalue weighted by molar-refractivity contribution is -0.129. The van der Waals surface area contributed by atoms with Crippen LogP contribution in [0.1, 0.15) is 45.7 Å². The third-order valence-corrected chi connectivity index (χ3v) is 4.86. The lowest BCUT2D eigenvalue weighted by Gasteiger charge is -2.29. The molecular formula is C21H30N2O3. The minimum Gasteiger partial charge on any atom is -0.503 e. The van der Waals surface area contributed by atoms with Crippen molar-refractivity contribution in [1.82, 2.24) is 9.80 Å². The summed E-state index contributed by atoms with van der Waals surface area (Å²) >= 11 is 0. The monoisotopic (exact) mass is 358 g/mol. The molecule has 1 aliphatic rings. The maximum atomic E-state index is 12.8. The summed E-state index contributed by atoms with van der Waals surface area (Å²) in [7, 11) is 0. The number of aliphatic hydroxyl groups is 1. The van der Waals surface area contributed by atoms with Crippen LogP contribution in [0.4, 0.5) is 0 Å². The normalized spacial score (nSPS) is 17.7. The van der Waals surface area contributed by atoms with Gasteiger partial charge >= 0.3 is 0 Å². The number of likely N-dealkylation sites (N-methyl/N-ethyl adjacent to an activating group) is 1. The average molecular weight is 358 g/mol. The van der Waals surface area contributed by atoms with Crippen LogP contribution in [0.25, 0.3) is 0 Å². The number of nitrogens with zero attached hydrogens (tertiary/aromatic N) is 2. The van der Waals surface area contributed by atoms with Gasteiger partial charge in [0.15, 0.2) is 11.5 Å². The van der Waals surface area contributed by atoms with Crippen molar-refractivity contribution < 1.29 is 14.7 Å². The maximum Gasteiger partial charge on any atom is 0.290 e. The Kier molecular flexibility index (Phi) is 6.98. The Morgan fingerprint density at radius 1 is 1.19 bits per heavy atom. The van der Waals surface area contributed by atoms with E-state index in [2.05, 4.69) is 18.7 Å². The molecule has 1 amide bonds. The molecular weight excluding hydrogens is 328 g/mol. The van der Waals surface area contributed by atoms with E-state index in [0.29, 0.717) is 19.5 Å². The van der Waals surface area contributed by atoms with Gasteiger partial charge in [0.05, 0.1) is 11.6 Å². The molecule has 1 heterocycles. The fraction of sp³-hybridized carbons (Fsp3) is 0.524. The zero-order valence-corrected chi connectivity index (χ0v) is 16.2. The number of Topliss-reactive ketones (excluding diaryl/α,β-unsaturated/α-hetero) is 1. The number of ketones is 1.